The molecule has 0 radical (unpaired) electrons. The molecule has 22 heavy (non-hydrogen) atoms. The van der Waals surface area contributed by atoms with Crippen molar-refractivity contribution in [2.75, 3.05) is 19.6 Å². The van der Waals surface area contributed by atoms with E-state index >= 15 is 0 Å². The highest BCUT2D eigenvalue weighted by molar-refractivity contribution is 5.78. The molecule has 0 aromatic heterocycles. The third kappa shape index (κ3) is 5.48. The second-order valence-electron chi connectivity index (χ2n) is 5.74. The number of likely N-dealkylation sites (tertiary alicyclic amines) is 1. The average Bonchev–Trinajstić information content (AvgIpc) is 2.92. The molecule has 0 bridgehead atoms. The fourth-order valence-corrected chi connectivity index (χ4v) is 2.65. The van der Waals surface area contributed by atoms with Gasteiger partial charge in [-0.2, -0.15) is 0 Å². The van der Waals surface area contributed by atoms with Crippen molar-refractivity contribution in [3.63, 3.8) is 0 Å². The standard InChI is InChI=1S/C17H24N2O3/c20-15(12-14-6-2-1-3-7-14)13-18-16(21)8-4-10-19-11-5-9-17(19)22/h1-3,6-7,15,20H,4-5,8-13H2,(H,18,21). The van der Waals surface area contributed by atoms with Crippen molar-refractivity contribution in [3.8, 4) is 0 Å². The van der Waals surface area contributed by atoms with Gasteiger partial charge in [-0.05, 0) is 18.4 Å². The van der Waals surface area contributed by atoms with Crippen LogP contribution in [0.3, 0.4) is 0 Å². The molecule has 1 aromatic rings. The van der Waals surface area contributed by atoms with Gasteiger partial charge in [0.2, 0.25) is 11.8 Å². The van der Waals surface area contributed by atoms with E-state index in [0.29, 0.717) is 32.2 Å². The topological polar surface area (TPSA) is 69.6 Å². The molecule has 1 fully saturated rings. The van der Waals surface area contributed by atoms with Gasteiger partial charge in [0.1, 0.15) is 0 Å². The molecule has 2 rings (SSSR count). The Balaban J connectivity index is 1.58. The van der Waals surface area contributed by atoms with Gasteiger partial charge in [-0.15, -0.1) is 0 Å². The van der Waals surface area contributed by atoms with E-state index in [0.717, 1.165) is 18.5 Å². The Morgan fingerprint density at radius 3 is 2.77 bits per heavy atom. The third-order valence-corrected chi connectivity index (χ3v) is 3.85. The van der Waals surface area contributed by atoms with E-state index in [1.165, 1.54) is 0 Å². The maximum Gasteiger partial charge on any atom is 0.222 e. The van der Waals surface area contributed by atoms with Crippen molar-refractivity contribution >= 4 is 11.8 Å². The molecule has 120 valence electrons. The van der Waals surface area contributed by atoms with Crippen molar-refractivity contribution < 1.29 is 14.7 Å². The minimum absolute atomic E-state index is 0.0706. The summed E-state index contributed by atoms with van der Waals surface area (Å²) in [7, 11) is 0. The second-order valence-corrected chi connectivity index (χ2v) is 5.74. The SMILES string of the molecule is O=C(CCCN1CCCC1=O)NCC(O)Cc1ccccc1. The number of amides is 2. The molecule has 0 aliphatic carbocycles. The van der Waals surface area contributed by atoms with Crippen LogP contribution in [0, 0.1) is 0 Å². The number of hydrogen-bond donors (Lipinski definition) is 2. The lowest BCUT2D eigenvalue weighted by molar-refractivity contribution is -0.128. The number of benzene rings is 1. The molecule has 1 heterocycles. The first kappa shape index (κ1) is 16.5. The Hall–Kier alpha value is -1.88. The van der Waals surface area contributed by atoms with Gasteiger partial charge in [-0.1, -0.05) is 30.3 Å². The summed E-state index contributed by atoms with van der Waals surface area (Å²) in [5.74, 6) is 0.123. The van der Waals surface area contributed by atoms with Crippen LogP contribution in [0.15, 0.2) is 30.3 Å². The number of carbonyl (C=O) groups is 2. The Kier molecular flexibility index (Phi) is 6.40. The predicted octanol–water partition coefficient (Wildman–Crippen LogP) is 1.11. The summed E-state index contributed by atoms with van der Waals surface area (Å²) in [5.41, 5.74) is 1.05. The molecule has 1 atom stereocenters. The summed E-state index contributed by atoms with van der Waals surface area (Å²) >= 11 is 0. The first-order chi connectivity index (χ1) is 10.6. The Bertz CT molecular complexity index is 490. The van der Waals surface area contributed by atoms with Gasteiger partial charge in [0.25, 0.3) is 0 Å². The molecular weight excluding hydrogens is 280 g/mol. The first-order valence-corrected chi connectivity index (χ1v) is 7.91. The van der Waals surface area contributed by atoms with Crippen LogP contribution in [0.5, 0.6) is 0 Å². The quantitative estimate of drug-likeness (QED) is 0.756. The number of aliphatic hydroxyl groups is 1. The van der Waals surface area contributed by atoms with Crippen molar-refractivity contribution in [3.05, 3.63) is 35.9 Å². The van der Waals surface area contributed by atoms with E-state index in [1.807, 2.05) is 35.2 Å². The zero-order chi connectivity index (χ0) is 15.8. The van der Waals surface area contributed by atoms with Crippen molar-refractivity contribution in [2.45, 2.75) is 38.2 Å². The van der Waals surface area contributed by atoms with Gasteiger partial charge in [0.15, 0.2) is 0 Å². The summed E-state index contributed by atoms with van der Waals surface area (Å²) in [6.45, 7) is 1.73. The number of nitrogens with one attached hydrogen (secondary N) is 1. The summed E-state index contributed by atoms with van der Waals surface area (Å²) in [5, 5.41) is 12.7. The maximum absolute atomic E-state index is 11.7. The number of aliphatic hydroxyl groups excluding tert-OH is 1. The molecule has 1 aliphatic heterocycles. The lowest BCUT2D eigenvalue weighted by Crippen LogP contribution is -2.34. The number of rotatable bonds is 8. The number of nitrogens with zero attached hydrogens (tertiary/aromatic N) is 1. The van der Waals surface area contributed by atoms with Crippen LogP contribution < -0.4 is 5.32 Å². The molecule has 2 amide bonds. The van der Waals surface area contributed by atoms with E-state index in [1.54, 1.807) is 0 Å². The van der Waals surface area contributed by atoms with Gasteiger partial charge in [-0.25, -0.2) is 0 Å². The van der Waals surface area contributed by atoms with E-state index in [4.69, 9.17) is 0 Å². The zero-order valence-electron chi connectivity index (χ0n) is 12.8. The van der Waals surface area contributed by atoms with Crippen LogP contribution in [0.1, 0.15) is 31.2 Å². The Morgan fingerprint density at radius 1 is 1.32 bits per heavy atom. The van der Waals surface area contributed by atoms with Gasteiger partial charge in [-0.3, -0.25) is 9.59 Å². The lowest BCUT2D eigenvalue weighted by Gasteiger charge is -2.15. The molecule has 1 aliphatic rings. The summed E-state index contributed by atoms with van der Waals surface area (Å²) in [4.78, 5) is 25.0. The van der Waals surface area contributed by atoms with E-state index in [9.17, 15) is 14.7 Å². The summed E-state index contributed by atoms with van der Waals surface area (Å²) in [6.07, 6.45) is 2.58. The number of carbonyl (C=O) groups excluding carboxylic acids is 2. The van der Waals surface area contributed by atoms with E-state index < -0.39 is 6.10 Å². The molecule has 2 N–H and O–H groups in total. The van der Waals surface area contributed by atoms with Crippen molar-refractivity contribution in [1.29, 1.82) is 0 Å². The molecule has 1 unspecified atom stereocenters. The van der Waals surface area contributed by atoms with Crippen LogP contribution in [-0.2, 0) is 16.0 Å². The van der Waals surface area contributed by atoms with E-state index in [-0.39, 0.29) is 18.4 Å². The fraction of sp³-hybridized carbons (Fsp3) is 0.529. The average molecular weight is 304 g/mol. The molecule has 1 saturated heterocycles. The molecule has 5 nitrogen and oxygen atoms in total. The number of hydrogen-bond acceptors (Lipinski definition) is 3. The Labute approximate surface area is 131 Å². The zero-order valence-corrected chi connectivity index (χ0v) is 12.8. The molecule has 0 saturated carbocycles. The largest absolute Gasteiger partial charge is 0.391 e. The third-order valence-electron chi connectivity index (χ3n) is 3.85. The summed E-state index contributed by atoms with van der Waals surface area (Å²) in [6, 6.07) is 9.71. The molecular formula is C17H24N2O3. The normalized spacial score (nSPS) is 15.9. The minimum atomic E-state index is -0.577. The Morgan fingerprint density at radius 2 is 2.09 bits per heavy atom. The smallest absolute Gasteiger partial charge is 0.222 e. The molecule has 5 heteroatoms. The van der Waals surface area contributed by atoms with Crippen molar-refractivity contribution in [2.24, 2.45) is 0 Å². The van der Waals surface area contributed by atoms with Crippen LogP contribution >= 0.6 is 0 Å². The van der Waals surface area contributed by atoms with Crippen LogP contribution in [-0.4, -0.2) is 47.6 Å². The molecule has 0 spiro atoms. The van der Waals surface area contributed by atoms with Crippen LogP contribution in [0.2, 0.25) is 0 Å². The lowest BCUT2D eigenvalue weighted by atomic mass is 10.1. The van der Waals surface area contributed by atoms with Crippen LogP contribution in [0.25, 0.3) is 0 Å². The monoisotopic (exact) mass is 304 g/mol. The van der Waals surface area contributed by atoms with Gasteiger partial charge < -0.3 is 15.3 Å². The highest BCUT2D eigenvalue weighted by atomic mass is 16.3. The van der Waals surface area contributed by atoms with Crippen molar-refractivity contribution in [1.82, 2.24) is 10.2 Å². The highest BCUT2D eigenvalue weighted by Gasteiger charge is 2.19. The summed E-state index contributed by atoms with van der Waals surface area (Å²) < 4.78 is 0. The first-order valence-electron chi connectivity index (χ1n) is 7.91. The van der Waals surface area contributed by atoms with Gasteiger partial charge in [0, 0.05) is 38.9 Å². The molecule has 1 aromatic carbocycles. The second kappa shape index (κ2) is 8.54. The van der Waals surface area contributed by atoms with Crippen LogP contribution in [0.4, 0.5) is 0 Å². The highest BCUT2D eigenvalue weighted by Crippen LogP contribution is 2.10. The van der Waals surface area contributed by atoms with Gasteiger partial charge >= 0.3 is 0 Å². The van der Waals surface area contributed by atoms with Gasteiger partial charge in [0.05, 0.1) is 6.10 Å². The van der Waals surface area contributed by atoms with E-state index in [2.05, 4.69) is 5.32 Å². The minimum Gasteiger partial charge on any atom is -0.391 e. The fourth-order valence-electron chi connectivity index (χ4n) is 2.65. The predicted molar refractivity (Wildman–Crippen MR) is 84.2 cm³/mol. The maximum atomic E-state index is 11.7.